The van der Waals surface area contributed by atoms with E-state index in [4.69, 9.17) is 0 Å². The fraction of sp³-hybridized carbons (Fsp3) is 0.455. The predicted octanol–water partition coefficient (Wildman–Crippen LogP) is 3.00. The molecule has 2 aliphatic heterocycles. The number of amides is 1. The summed E-state index contributed by atoms with van der Waals surface area (Å²) in [4.78, 5) is 30.0. The van der Waals surface area contributed by atoms with Crippen molar-refractivity contribution < 1.29 is 9.90 Å². The number of H-pyrrole nitrogens is 1. The number of aromatic hydroxyl groups is 1. The summed E-state index contributed by atoms with van der Waals surface area (Å²) in [6.45, 7) is 7.27. The van der Waals surface area contributed by atoms with Gasteiger partial charge in [-0.05, 0) is 43.5 Å². The maximum absolute atomic E-state index is 12.6. The molecule has 4 N–H and O–H groups in total. The van der Waals surface area contributed by atoms with E-state index in [-0.39, 0.29) is 11.3 Å². The Bertz CT molecular complexity index is 900. The number of benzene rings is 1. The zero-order valence-corrected chi connectivity index (χ0v) is 17.2. The van der Waals surface area contributed by atoms with Gasteiger partial charge in [-0.2, -0.15) is 0 Å². The maximum Gasteiger partial charge on any atom is 0.265 e. The highest BCUT2D eigenvalue weighted by Crippen LogP contribution is 2.26. The number of nitrogens with one attached hydrogen (secondary N) is 3. The molecule has 1 fully saturated rings. The van der Waals surface area contributed by atoms with Crippen molar-refractivity contribution in [2.24, 2.45) is 0 Å². The van der Waals surface area contributed by atoms with Crippen LogP contribution in [0.4, 0.5) is 11.4 Å². The van der Waals surface area contributed by atoms with Crippen molar-refractivity contribution in [2.45, 2.75) is 46.1 Å². The molecule has 1 aromatic heterocycles. The lowest BCUT2D eigenvalue weighted by Crippen LogP contribution is -2.31. The third-order valence-corrected chi connectivity index (χ3v) is 5.31. The summed E-state index contributed by atoms with van der Waals surface area (Å²) in [6.07, 6.45) is 4.30. The molecule has 0 spiro atoms. The summed E-state index contributed by atoms with van der Waals surface area (Å²) in [6, 6.07) is 7.60. The first-order valence-corrected chi connectivity index (χ1v) is 10.5. The van der Waals surface area contributed by atoms with E-state index in [1.807, 2.05) is 38.1 Å². The standard InChI is InChI=1S/C20H24N4O3.C2H6/c25-18-15-12-21-9-8-16(15)23-20(27)17(18)19(26)22-13-4-6-14(7-5-13)24-10-2-1-3-11-24;1-2/h4-7,21H,1-3,8-12H2,(H,22,26)(H2,23,25,27);1-2H3. The van der Waals surface area contributed by atoms with E-state index in [1.54, 1.807) is 0 Å². The number of carbonyl (C=O) groups excluding carboxylic acids is 1. The zero-order chi connectivity index (χ0) is 20.8. The second kappa shape index (κ2) is 9.60. The summed E-state index contributed by atoms with van der Waals surface area (Å²) in [5.41, 5.74) is 2.21. The Balaban J connectivity index is 0.00000117. The first-order chi connectivity index (χ1) is 14.1. The molecule has 1 amide bonds. The lowest BCUT2D eigenvalue weighted by Gasteiger charge is -2.28. The normalized spacial score (nSPS) is 15.7. The van der Waals surface area contributed by atoms with Crippen LogP contribution in [0.5, 0.6) is 5.75 Å². The molecular formula is C22H30N4O3. The summed E-state index contributed by atoms with van der Waals surface area (Å²) < 4.78 is 0. The minimum Gasteiger partial charge on any atom is -0.506 e. The van der Waals surface area contributed by atoms with Crippen LogP contribution in [0, 0.1) is 0 Å². The molecule has 7 heteroatoms. The number of hydrogen-bond acceptors (Lipinski definition) is 5. The molecule has 0 atom stereocenters. The minimum atomic E-state index is -0.604. The SMILES string of the molecule is CC.O=C(Nc1ccc(N2CCCCC2)cc1)c1c(O)c2c([nH]c1=O)CCNC2. The number of carbonyl (C=O) groups is 1. The highest BCUT2D eigenvalue weighted by atomic mass is 16.3. The average Bonchev–Trinajstić information content (AvgIpc) is 2.76. The van der Waals surface area contributed by atoms with Crippen LogP contribution in [0.25, 0.3) is 0 Å². The van der Waals surface area contributed by atoms with Crippen molar-refractivity contribution >= 4 is 17.3 Å². The van der Waals surface area contributed by atoms with Crippen LogP contribution in [0.2, 0.25) is 0 Å². The Hall–Kier alpha value is -2.80. The van der Waals surface area contributed by atoms with Gasteiger partial charge in [-0.3, -0.25) is 9.59 Å². The number of hydrogen-bond donors (Lipinski definition) is 4. The van der Waals surface area contributed by atoms with E-state index in [1.165, 1.54) is 19.3 Å². The largest absolute Gasteiger partial charge is 0.506 e. The lowest BCUT2D eigenvalue weighted by molar-refractivity contribution is 0.102. The van der Waals surface area contributed by atoms with Gasteiger partial charge in [0, 0.05) is 55.2 Å². The summed E-state index contributed by atoms with van der Waals surface area (Å²) >= 11 is 0. The van der Waals surface area contributed by atoms with E-state index in [0.29, 0.717) is 29.9 Å². The monoisotopic (exact) mass is 398 g/mol. The minimum absolute atomic E-state index is 0.233. The van der Waals surface area contributed by atoms with Gasteiger partial charge in [-0.15, -0.1) is 0 Å². The van der Waals surface area contributed by atoms with Gasteiger partial charge in [0.25, 0.3) is 11.5 Å². The van der Waals surface area contributed by atoms with Gasteiger partial charge < -0.3 is 25.6 Å². The highest BCUT2D eigenvalue weighted by Gasteiger charge is 2.24. The molecule has 1 aromatic carbocycles. The van der Waals surface area contributed by atoms with Crippen LogP contribution < -0.4 is 21.1 Å². The number of rotatable bonds is 3. The summed E-state index contributed by atoms with van der Waals surface area (Å²) in [5, 5.41) is 16.3. The fourth-order valence-corrected chi connectivity index (χ4v) is 3.82. The summed E-state index contributed by atoms with van der Waals surface area (Å²) in [5.74, 6) is -0.837. The lowest BCUT2D eigenvalue weighted by atomic mass is 10.0. The first-order valence-electron chi connectivity index (χ1n) is 10.5. The quantitative estimate of drug-likeness (QED) is 0.637. The average molecular weight is 399 g/mol. The van der Waals surface area contributed by atoms with Crippen molar-refractivity contribution in [1.29, 1.82) is 0 Å². The van der Waals surface area contributed by atoms with Crippen molar-refractivity contribution in [3.63, 3.8) is 0 Å². The molecule has 29 heavy (non-hydrogen) atoms. The van der Waals surface area contributed by atoms with Gasteiger partial charge in [0.1, 0.15) is 11.3 Å². The number of pyridine rings is 1. The van der Waals surface area contributed by atoms with Gasteiger partial charge in [0.2, 0.25) is 0 Å². The van der Waals surface area contributed by atoms with Gasteiger partial charge >= 0.3 is 0 Å². The first kappa shape index (κ1) is 20.9. The Morgan fingerprint density at radius 1 is 1.10 bits per heavy atom. The molecule has 0 radical (unpaired) electrons. The van der Waals surface area contributed by atoms with E-state index >= 15 is 0 Å². The second-order valence-corrected chi connectivity index (χ2v) is 7.11. The van der Waals surface area contributed by atoms with Crippen LogP contribution in [0.15, 0.2) is 29.1 Å². The maximum atomic E-state index is 12.6. The van der Waals surface area contributed by atoms with E-state index < -0.39 is 11.5 Å². The molecule has 156 valence electrons. The molecule has 0 aliphatic carbocycles. The Kier molecular flexibility index (Phi) is 6.93. The van der Waals surface area contributed by atoms with E-state index in [0.717, 1.165) is 25.3 Å². The van der Waals surface area contributed by atoms with Crippen LogP contribution in [0.3, 0.4) is 0 Å². The second-order valence-electron chi connectivity index (χ2n) is 7.11. The van der Waals surface area contributed by atoms with Crippen molar-refractivity contribution in [1.82, 2.24) is 10.3 Å². The molecular weight excluding hydrogens is 368 g/mol. The molecule has 0 saturated carbocycles. The van der Waals surface area contributed by atoms with Crippen molar-refractivity contribution in [2.75, 3.05) is 29.9 Å². The van der Waals surface area contributed by atoms with E-state index in [2.05, 4.69) is 20.5 Å². The van der Waals surface area contributed by atoms with Crippen LogP contribution in [0.1, 0.15) is 54.7 Å². The topological polar surface area (TPSA) is 97.5 Å². The number of fused-ring (bicyclic) bond motifs is 1. The van der Waals surface area contributed by atoms with Crippen LogP contribution in [-0.4, -0.2) is 35.6 Å². The van der Waals surface area contributed by atoms with Crippen LogP contribution >= 0.6 is 0 Å². The molecule has 7 nitrogen and oxygen atoms in total. The van der Waals surface area contributed by atoms with Crippen LogP contribution in [-0.2, 0) is 13.0 Å². The molecule has 2 aromatic rings. The number of anilines is 2. The smallest absolute Gasteiger partial charge is 0.265 e. The molecule has 2 aliphatic rings. The van der Waals surface area contributed by atoms with E-state index in [9.17, 15) is 14.7 Å². The highest BCUT2D eigenvalue weighted by molar-refractivity contribution is 6.06. The number of piperidine rings is 1. The third kappa shape index (κ3) is 4.62. The number of aromatic amines is 1. The molecule has 3 heterocycles. The van der Waals surface area contributed by atoms with Crippen molar-refractivity contribution in [3.8, 4) is 5.75 Å². The Morgan fingerprint density at radius 3 is 2.48 bits per heavy atom. The Morgan fingerprint density at radius 2 is 1.79 bits per heavy atom. The van der Waals surface area contributed by atoms with Gasteiger partial charge in [0.05, 0.1) is 0 Å². The van der Waals surface area contributed by atoms with Gasteiger partial charge in [-0.1, -0.05) is 13.8 Å². The fourth-order valence-electron chi connectivity index (χ4n) is 3.82. The van der Waals surface area contributed by atoms with Gasteiger partial charge in [-0.25, -0.2) is 0 Å². The molecule has 4 rings (SSSR count). The molecule has 1 saturated heterocycles. The number of nitrogens with zero attached hydrogens (tertiary/aromatic N) is 1. The number of aromatic nitrogens is 1. The summed E-state index contributed by atoms with van der Waals surface area (Å²) in [7, 11) is 0. The zero-order valence-electron chi connectivity index (χ0n) is 17.2. The van der Waals surface area contributed by atoms with Gasteiger partial charge in [0.15, 0.2) is 0 Å². The molecule has 0 unspecified atom stereocenters. The molecule has 0 bridgehead atoms. The Labute approximate surface area is 171 Å². The van der Waals surface area contributed by atoms with Crippen molar-refractivity contribution in [3.05, 3.63) is 51.4 Å². The predicted molar refractivity (Wildman–Crippen MR) is 116 cm³/mol. The third-order valence-electron chi connectivity index (χ3n) is 5.31.